The molecule has 1 aliphatic heterocycles. The molecule has 2 atom stereocenters. The molecule has 0 aromatic carbocycles. The number of carboxylic acids is 1. The zero-order valence-electron chi connectivity index (χ0n) is 12.4. The quantitative estimate of drug-likeness (QED) is 0.649. The van der Waals surface area contributed by atoms with Crippen LogP contribution in [0.3, 0.4) is 0 Å². The fraction of sp³-hybridized carbons (Fsp3) is 0.750. The standard InChI is InChI=1S/C12H21N3O5S/c1-8-15(9(7-21-8)11(17)18)12(19)14(2)6-10(16)13-4-5-20-3/h8-9H,4-7H2,1-3H3,(H,13,16)(H,17,18). The highest BCUT2D eigenvalue weighted by atomic mass is 32.2. The first-order chi connectivity index (χ1) is 9.88. The summed E-state index contributed by atoms with van der Waals surface area (Å²) in [5, 5.41) is 11.5. The molecule has 0 bridgehead atoms. The first kappa shape index (κ1) is 17.6. The lowest BCUT2D eigenvalue weighted by Gasteiger charge is -2.29. The number of amides is 3. The molecule has 0 radical (unpaired) electrons. The number of hydrogen-bond donors (Lipinski definition) is 2. The lowest BCUT2D eigenvalue weighted by Crippen LogP contribution is -2.51. The monoisotopic (exact) mass is 319 g/mol. The maximum absolute atomic E-state index is 12.3. The summed E-state index contributed by atoms with van der Waals surface area (Å²) < 4.78 is 4.81. The number of carbonyl (C=O) groups is 3. The van der Waals surface area contributed by atoms with Gasteiger partial charge in [0, 0.05) is 26.5 Å². The van der Waals surface area contributed by atoms with Crippen LogP contribution in [0.5, 0.6) is 0 Å². The lowest BCUT2D eigenvalue weighted by atomic mass is 10.3. The number of urea groups is 1. The highest BCUT2D eigenvalue weighted by molar-refractivity contribution is 8.00. The molecule has 1 fully saturated rings. The number of rotatable bonds is 6. The molecule has 3 amide bonds. The van der Waals surface area contributed by atoms with Crippen molar-refractivity contribution in [2.24, 2.45) is 0 Å². The van der Waals surface area contributed by atoms with Gasteiger partial charge in [-0.25, -0.2) is 9.59 Å². The van der Waals surface area contributed by atoms with E-state index in [-0.39, 0.29) is 17.8 Å². The normalized spacial score (nSPS) is 21.2. The van der Waals surface area contributed by atoms with Crippen molar-refractivity contribution in [1.82, 2.24) is 15.1 Å². The largest absolute Gasteiger partial charge is 0.480 e. The number of ether oxygens (including phenoxy) is 1. The van der Waals surface area contributed by atoms with Crippen molar-refractivity contribution in [3.63, 3.8) is 0 Å². The number of likely N-dealkylation sites (N-methyl/N-ethyl adjacent to an activating group) is 1. The third-order valence-electron chi connectivity index (χ3n) is 3.06. The summed E-state index contributed by atoms with van der Waals surface area (Å²) in [7, 11) is 3.01. The summed E-state index contributed by atoms with van der Waals surface area (Å²) >= 11 is 1.40. The highest BCUT2D eigenvalue weighted by Crippen LogP contribution is 2.29. The van der Waals surface area contributed by atoms with Gasteiger partial charge in [-0.3, -0.25) is 9.69 Å². The van der Waals surface area contributed by atoms with Gasteiger partial charge in [0.15, 0.2) is 0 Å². The van der Waals surface area contributed by atoms with Crippen molar-refractivity contribution in [1.29, 1.82) is 0 Å². The maximum atomic E-state index is 12.3. The van der Waals surface area contributed by atoms with E-state index in [1.54, 1.807) is 6.92 Å². The zero-order chi connectivity index (χ0) is 16.0. The van der Waals surface area contributed by atoms with E-state index in [4.69, 9.17) is 9.84 Å². The van der Waals surface area contributed by atoms with Gasteiger partial charge in [0.05, 0.1) is 12.0 Å². The van der Waals surface area contributed by atoms with Crippen LogP contribution in [0.1, 0.15) is 6.92 Å². The molecule has 9 heteroatoms. The third-order valence-corrected chi connectivity index (χ3v) is 4.28. The Bertz CT molecular complexity index is 406. The molecular formula is C12H21N3O5S. The number of methoxy groups -OCH3 is 1. The number of carboxylic acid groups (broad SMARTS) is 1. The van der Waals surface area contributed by atoms with Gasteiger partial charge < -0.3 is 20.1 Å². The summed E-state index contributed by atoms with van der Waals surface area (Å²) in [5.74, 6) is -0.983. The van der Waals surface area contributed by atoms with Crippen LogP contribution in [0.2, 0.25) is 0 Å². The lowest BCUT2D eigenvalue weighted by molar-refractivity contribution is -0.141. The van der Waals surface area contributed by atoms with E-state index >= 15 is 0 Å². The Balaban J connectivity index is 2.56. The molecule has 0 spiro atoms. The Hall–Kier alpha value is -1.48. The van der Waals surface area contributed by atoms with Crippen molar-refractivity contribution in [3.05, 3.63) is 0 Å². The number of carbonyl (C=O) groups excluding carboxylic acids is 2. The minimum atomic E-state index is -1.03. The molecule has 1 saturated heterocycles. The SMILES string of the molecule is COCCNC(=O)CN(C)C(=O)N1C(C)SCC1C(=O)O. The molecule has 1 heterocycles. The van der Waals surface area contributed by atoms with Gasteiger partial charge in [0.25, 0.3) is 0 Å². The van der Waals surface area contributed by atoms with Gasteiger partial charge in [-0.05, 0) is 6.92 Å². The topological polar surface area (TPSA) is 99.2 Å². The molecule has 1 rings (SSSR count). The van der Waals surface area contributed by atoms with Crippen LogP contribution in [-0.2, 0) is 14.3 Å². The van der Waals surface area contributed by atoms with Gasteiger partial charge in [0.1, 0.15) is 12.6 Å². The number of nitrogens with one attached hydrogen (secondary N) is 1. The summed E-state index contributed by atoms with van der Waals surface area (Å²) in [5.41, 5.74) is 0. The Morgan fingerprint density at radius 1 is 1.48 bits per heavy atom. The molecule has 1 aliphatic rings. The van der Waals surface area contributed by atoms with Crippen LogP contribution in [0.25, 0.3) is 0 Å². The first-order valence-electron chi connectivity index (χ1n) is 6.52. The van der Waals surface area contributed by atoms with Crippen LogP contribution in [0.15, 0.2) is 0 Å². The van der Waals surface area contributed by atoms with E-state index < -0.39 is 18.0 Å². The fourth-order valence-electron chi connectivity index (χ4n) is 1.95. The van der Waals surface area contributed by atoms with Gasteiger partial charge >= 0.3 is 12.0 Å². The van der Waals surface area contributed by atoms with Gasteiger partial charge in [-0.15, -0.1) is 11.8 Å². The third kappa shape index (κ3) is 4.78. The van der Waals surface area contributed by atoms with Crippen LogP contribution in [-0.4, -0.2) is 83.8 Å². The second-order valence-corrected chi connectivity index (χ2v) is 6.02. The Morgan fingerprint density at radius 2 is 2.14 bits per heavy atom. The second kappa shape index (κ2) is 8.08. The van der Waals surface area contributed by atoms with E-state index in [1.165, 1.54) is 35.7 Å². The van der Waals surface area contributed by atoms with E-state index in [9.17, 15) is 14.4 Å². The van der Waals surface area contributed by atoms with Crippen molar-refractivity contribution in [2.45, 2.75) is 18.3 Å². The molecule has 0 aromatic heterocycles. The molecule has 120 valence electrons. The summed E-state index contributed by atoms with van der Waals surface area (Å²) in [6.07, 6.45) is 0. The summed E-state index contributed by atoms with van der Waals surface area (Å²) in [6.45, 7) is 2.41. The first-order valence-corrected chi connectivity index (χ1v) is 7.56. The maximum Gasteiger partial charge on any atom is 0.327 e. The predicted molar refractivity (Wildman–Crippen MR) is 78.1 cm³/mol. The van der Waals surface area contributed by atoms with Gasteiger partial charge in [-0.2, -0.15) is 0 Å². The van der Waals surface area contributed by atoms with Crippen molar-refractivity contribution in [2.75, 3.05) is 39.6 Å². The van der Waals surface area contributed by atoms with Gasteiger partial charge in [-0.1, -0.05) is 0 Å². The van der Waals surface area contributed by atoms with Crippen LogP contribution >= 0.6 is 11.8 Å². The molecule has 21 heavy (non-hydrogen) atoms. The van der Waals surface area contributed by atoms with Crippen LogP contribution < -0.4 is 5.32 Å². The minimum absolute atomic E-state index is 0.122. The molecule has 8 nitrogen and oxygen atoms in total. The number of aliphatic carboxylic acids is 1. The molecule has 2 N–H and O–H groups in total. The summed E-state index contributed by atoms with van der Waals surface area (Å²) in [6, 6.07) is -1.31. The summed E-state index contributed by atoms with van der Waals surface area (Å²) in [4.78, 5) is 37.6. The molecule has 2 unspecified atom stereocenters. The Morgan fingerprint density at radius 3 is 2.71 bits per heavy atom. The molecule has 0 saturated carbocycles. The second-order valence-electron chi connectivity index (χ2n) is 4.68. The molecule has 0 aromatic rings. The highest BCUT2D eigenvalue weighted by Gasteiger charge is 2.40. The number of hydrogen-bond acceptors (Lipinski definition) is 5. The average molecular weight is 319 g/mol. The van der Waals surface area contributed by atoms with Crippen LogP contribution in [0.4, 0.5) is 4.79 Å². The molecular weight excluding hydrogens is 298 g/mol. The minimum Gasteiger partial charge on any atom is -0.480 e. The van der Waals surface area contributed by atoms with Crippen molar-refractivity contribution >= 4 is 29.7 Å². The van der Waals surface area contributed by atoms with E-state index in [0.717, 1.165) is 0 Å². The van der Waals surface area contributed by atoms with E-state index in [1.807, 2.05) is 0 Å². The zero-order valence-corrected chi connectivity index (χ0v) is 13.2. The fourth-order valence-corrected chi connectivity index (χ4v) is 3.11. The Kier molecular flexibility index (Phi) is 6.76. The smallest absolute Gasteiger partial charge is 0.327 e. The number of thioether (sulfide) groups is 1. The van der Waals surface area contributed by atoms with Crippen molar-refractivity contribution < 1.29 is 24.2 Å². The van der Waals surface area contributed by atoms with Crippen LogP contribution in [0, 0.1) is 0 Å². The predicted octanol–water partition coefficient (Wildman–Crippen LogP) is -0.351. The van der Waals surface area contributed by atoms with E-state index in [2.05, 4.69) is 5.32 Å². The Labute approximate surface area is 127 Å². The molecule has 0 aliphatic carbocycles. The average Bonchev–Trinajstić information content (AvgIpc) is 2.80. The van der Waals surface area contributed by atoms with Crippen molar-refractivity contribution in [3.8, 4) is 0 Å². The number of nitrogens with zero attached hydrogens (tertiary/aromatic N) is 2. The van der Waals surface area contributed by atoms with Gasteiger partial charge in [0.2, 0.25) is 5.91 Å². The van der Waals surface area contributed by atoms with E-state index in [0.29, 0.717) is 18.9 Å².